The van der Waals surface area contributed by atoms with Crippen LogP contribution in [0.25, 0.3) is 11.3 Å². The fourth-order valence-electron chi connectivity index (χ4n) is 1.41. The van der Waals surface area contributed by atoms with Gasteiger partial charge in [0, 0.05) is 11.6 Å². The summed E-state index contributed by atoms with van der Waals surface area (Å²) in [5.74, 6) is 0.401. The van der Waals surface area contributed by atoms with Crippen LogP contribution >= 0.6 is 11.6 Å². The van der Waals surface area contributed by atoms with Crippen LogP contribution in [-0.2, 0) is 6.61 Å². The van der Waals surface area contributed by atoms with E-state index in [0.717, 1.165) is 0 Å². The molecule has 0 spiro atoms. The summed E-state index contributed by atoms with van der Waals surface area (Å²) < 4.78 is 0. The molecule has 0 aliphatic carbocycles. The lowest BCUT2D eigenvalue weighted by atomic mass is 10.1. The fourth-order valence-corrected chi connectivity index (χ4v) is 1.60. The molecule has 0 aliphatic heterocycles. The van der Waals surface area contributed by atoms with Crippen LogP contribution in [0.2, 0.25) is 5.02 Å². The van der Waals surface area contributed by atoms with Crippen molar-refractivity contribution in [2.24, 2.45) is 0 Å². The summed E-state index contributed by atoms with van der Waals surface area (Å²) in [5, 5.41) is 19.7. The topological polar surface area (TPSA) is 92.1 Å². The van der Waals surface area contributed by atoms with Gasteiger partial charge in [0.05, 0.1) is 16.8 Å². The zero-order chi connectivity index (χ0) is 12.4. The molecule has 0 saturated heterocycles. The summed E-state index contributed by atoms with van der Waals surface area (Å²) in [6.07, 6.45) is 1.50. The molecule has 0 atom stereocenters. The van der Waals surface area contributed by atoms with E-state index in [9.17, 15) is 10.1 Å². The fraction of sp³-hybridized carbons (Fsp3) is 0.100. The molecule has 2 aromatic rings. The highest BCUT2D eigenvalue weighted by atomic mass is 35.5. The van der Waals surface area contributed by atoms with Crippen molar-refractivity contribution < 1.29 is 10.0 Å². The summed E-state index contributed by atoms with van der Waals surface area (Å²) >= 11 is 5.70. The van der Waals surface area contributed by atoms with Crippen LogP contribution in [0, 0.1) is 10.1 Å². The third-order valence-electron chi connectivity index (χ3n) is 2.23. The number of aromatic amines is 1. The van der Waals surface area contributed by atoms with E-state index in [0.29, 0.717) is 17.1 Å². The van der Waals surface area contributed by atoms with E-state index < -0.39 is 4.92 Å². The van der Waals surface area contributed by atoms with Gasteiger partial charge in [-0.1, -0.05) is 17.7 Å². The molecule has 2 rings (SSSR count). The van der Waals surface area contributed by atoms with Crippen molar-refractivity contribution in [1.29, 1.82) is 0 Å². The molecular formula is C10H8ClN3O3. The Bertz CT molecular complexity index is 568. The number of rotatable bonds is 3. The van der Waals surface area contributed by atoms with Crippen molar-refractivity contribution in [1.82, 2.24) is 9.97 Å². The van der Waals surface area contributed by atoms with Crippen molar-refractivity contribution in [2.45, 2.75) is 6.61 Å². The molecule has 7 heteroatoms. The summed E-state index contributed by atoms with van der Waals surface area (Å²) in [7, 11) is 0. The second-order valence-corrected chi connectivity index (χ2v) is 3.73. The van der Waals surface area contributed by atoms with Gasteiger partial charge in [-0.25, -0.2) is 4.98 Å². The van der Waals surface area contributed by atoms with Crippen LogP contribution in [-0.4, -0.2) is 20.0 Å². The Morgan fingerprint density at radius 2 is 2.29 bits per heavy atom. The van der Waals surface area contributed by atoms with E-state index in [1.165, 1.54) is 18.3 Å². The molecule has 0 fully saturated rings. The number of halogens is 1. The molecule has 0 saturated carbocycles. The number of hydrogen-bond acceptors (Lipinski definition) is 4. The van der Waals surface area contributed by atoms with Gasteiger partial charge in [0.2, 0.25) is 0 Å². The molecule has 0 bridgehead atoms. The highest BCUT2D eigenvalue weighted by Gasteiger charge is 2.14. The van der Waals surface area contributed by atoms with Crippen LogP contribution in [0.15, 0.2) is 24.4 Å². The van der Waals surface area contributed by atoms with Crippen LogP contribution in [0.5, 0.6) is 0 Å². The molecule has 17 heavy (non-hydrogen) atoms. The van der Waals surface area contributed by atoms with Crippen molar-refractivity contribution in [2.75, 3.05) is 0 Å². The lowest BCUT2D eigenvalue weighted by Crippen LogP contribution is -1.90. The second kappa shape index (κ2) is 4.52. The number of imidazole rings is 1. The van der Waals surface area contributed by atoms with Gasteiger partial charge in [-0.05, 0) is 6.07 Å². The van der Waals surface area contributed by atoms with Gasteiger partial charge in [0.15, 0.2) is 0 Å². The smallest absolute Gasteiger partial charge is 0.288 e. The number of aliphatic hydroxyl groups is 1. The highest BCUT2D eigenvalue weighted by molar-refractivity contribution is 6.32. The predicted octanol–water partition coefficient (Wildman–Crippen LogP) is 2.13. The van der Waals surface area contributed by atoms with Gasteiger partial charge in [-0.2, -0.15) is 0 Å². The second-order valence-electron chi connectivity index (χ2n) is 3.32. The van der Waals surface area contributed by atoms with E-state index in [1.807, 2.05) is 0 Å². The van der Waals surface area contributed by atoms with E-state index in [-0.39, 0.29) is 17.3 Å². The molecule has 0 amide bonds. The van der Waals surface area contributed by atoms with Gasteiger partial charge in [0.25, 0.3) is 5.69 Å². The Labute approximate surface area is 101 Å². The molecule has 1 aromatic heterocycles. The van der Waals surface area contributed by atoms with E-state index in [4.69, 9.17) is 16.7 Å². The minimum atomic E-state index is -0.546. The lowest BCUT2D eigenvalue weighted by Gasteiger charge is -1.99. The number of nitrogens with zero attached hydrogens (tertiary/aromatic N) is 2. The number of nitrogens with one attached hydrogen (secondary N) is 1. The number of aliphatic hydroxyl groups excluding tert-OH is 1. The number of aromatic nitrogens is 2. The van der Waals surface area contributed by atoms with Gasteiger partial charge in [-0.15, -0.1) is 0 Å². The zero-order valence-electron chi connectivity index (χ0n) is 8.55. The quantitative estimate of drug-likeness (QED) is 0.647. The molecule has 1 heterocycles. The van der Waals surface area contributed by atoms with Crippen molar-refractivity contribution in [3.8, 4) is 11.3 Å². The van der Waals surface area contributed by atoms with Crippen LogP contribution in [0.3, 0.4) is 0 Å². The number of H-pyrrole nitrogens is 1. The van der Waals surface area contributed by atoms with E-state index in [1.54, 1.807) is 6.07 Å². The summed E-state index contributed by atoms with van der Waals surface area (Å²) in [4.78, 5) is 16.9. The average Bonchev–Trinajstić information content (AvgIpc) is 2.78. The van der Waals surface area contributed by atoms with E-state index >= 15 is 0 Å². The predicted molar refractivity (Wildman–Crippen MR) is 61.6 cm³/mol. The SMILES string of the molecule is O=[N+]([O-])c1cc(-c2cnc(CO)[nH]2)ccc1Cl. The summed E-state index contributed by atoms with van der Waals surface area (Å²) in [6, 6.07) is 4.45. The minimum absolute atomic E-state index is 0.0839. The van der Waals surface area contributed by atoms with Gasteiger partial charge in [0.1, 0.15) is 17.5 Å². The largest absolute Gasteiger partial charge is 0.388 e. The molecule has 1 aromatic carbocycles. The Kier molecular flexibility index (Phi) is 3.08. The molecule has 0 aliphatic rings. The number of benzene rings is 1. The molecule has 0 unspecified atom stereocenters. The monoisotopic (exact) mass is 253 g/mol. The Morgan fingerprint density at radius 3 is 2.88 bits per heavy atom. The highest BCUT2D eigenvalue weighted by Crippen LogP contribution is 2.29. The van der Waals surface area contributed by atoms with Crippen LogP contribution in [0.1, 0.15) is 5.82 Å². The molecule has 2 N–H and O–H groups in total. The van der Waals surface area contributed by atoms with Crippen LogP contribution in [0.4, 0.5) is 5.69 Å². The molecule has 0 radical (unpaired) electrons. The van der Waals surface area contributed by atoms with Gasteiger partial charge in [-0.3, -0.25) is 10.1 Å². The average molecular weight is 254 g/mol. The number of hydrogen-bond donors (Lipinski definition) is 2. The number of nitro benzene ring substituents is 1. The first-order valence-electron chi connectivity index (χ1n) is 4.71. The third kappa shape index (κ3) is 2.27. The summed E-state index contributed by atoms with van der Waals surface area (Å²) in [5.41, 5.74) is 1.02. The Balaban J connectivity index is 2.46. The lowest BCUT2D eigenvalue weighted by molar-refractivity contribution is -0.384. The summed E-state index contributed by atoms with van der Waals surface area (Å²) in [6.45, 7) is -0.213. The first kappa shape index (κ1) is 11.6. The van der Waals surface area contributed by atoms with Gasteiger partial charge < -0.3 is 10.1 Å². The van der Waals surface area contributed by atoms with Gasteiger partial charge >= 0.3 is 0 Å². The maximum Gasteiger partial charge on any atom is 0.288 e. The van der Waals surface area contributed by atoms with Crippen molar-refractivity contribution in [3.63, 3.8) is 0 Å². The Hall–Kier alpha value is -1.92. The maximum absolute atomic E-state index is 10.7. The Morgan fingerprint density at radius 1 is 1.53 bits per heavy atom. The number of nitro groups is 1. The maximum atomic E-state index is 10.7. The van der Waals surface area contributed by atoms with Crippen molar-refractivity contribution in [3.05, 3.63) is 45.4 Å². The minimum Gasteiger partial charge on any atom is -0.388 e. The molecule has 6 nitrogen and oxygen atoms in total. The third-order valence-corrected chi connectivity index (χ3v) is 2.55. The normalized spacial score (nSPS) is 10.5. The van der Waals surface area contributed by atoms with E-state index in [2.05, 4.69) is 9.97 Å². The first-order chi connectivity index (χ1) is 8.11. The zero-order valence-corrected chi connectivity index (χ0v) is 9.31. The molecular weight excluding hydrogens is 246 g/mol. The molecule has 88 valence electrons. The first-order valence-corrected chi connectivity index (χ1v) is 5.08. The standard InChI is InChI=1S/C10H8ClN3O3/c11-7-2-1-6(3-9(7)14(16)17)8-4-12-10(5-15)13-8/h1-4,15H,5H2,(H,12,13). The van der Waals surface area contributed by atoms with Crippen molar-refractivity contribution >= 4 is 17.3 Å². The van der Waals surface area contributed by atoms with Crippen LogP contribution < -0.4 is 0 Å².